The van der Waals surface area contributed by atoms with Crippen molar-refractivity contribution in [3.8, 4) is 5.75 Å². The molecule has 6 heteroatoms. The normalized spacial score (nSPS) is 9.95. The van der Waals surface area contributed by atoms with Crippen molar-refractivity contribution in [2.45, 2.75) is 6.92 Å². The number of amides is 1. The van der Waals surface area contributed by atoms with Gasteiger partial charge >= 0.3 is 0 Å². The minimum atomic E-state index is -0.373. The molecule has 3 N–H and O–H groups in total. The van der Waals surface area contributed by atoms with Gasteiger partial charge in [0.25, 0.3) is 5.91 Å². The molecular formula is C13H14N4O2. The summed E-state index contributed by atoms with van der Waals surface area (Å²) in [5, 5.41) is 2.63. The SMILES string of the molecule is CCOc1cccc(N)c1C(=O)Nc1cnccn1. The summed E-state index contributed by atoms with van der Waals surface area (Å²) >= 11 is 0. The number of aromatic nitrogens is 2. The van der Waals surface area contributed by atoms with Crippen LogP contribution in [-0.2, 0) is 0 Å². The molecule has 0 unspecified atom stereocenters. The molecule has 0 bridgehead atoms. The van der Waals surface area contributed by atoms with Gasteiger partial charge in [0.2, 0.25) is 0 Å². The molecule has 2 aromatic rings. The molecule has 19 heavy (non-hydrogen) atoms. The van der Waals surface area contributed by atoms with E-state index in [1.165, 1.54) is 18.6 Å². The largest absolute Gasteiger partial charge is 0.493 e. The number of benzene rings is 1. The molecule has 0 spiro atoms. The summed E-state index contributed by atoms with van der Waals surface area (Å²) in [5.41, 5.74) is 6.48. The molecule has 0 fully saturated rings. The Morgan fingerprint density at radius 2 is 2.26 bits per heavy atom. The van der Waals surface area contributed by atoms with Crippen LogP contribution in [0.25, 0.3) is 0 Å². The molecule has 1 heterocycles. The predicted octanol–water partition coefficient (Wildman–Crippen LogP) is 1.71. The lowest BCUT2D eigenvalue weighted by atomic mass is 10.1. The molecule has 1 amide bonds. The number of carbonyl (C=O) groups excluding carboxylic acids is 1. The fourth-order valence-electron chi connectivity index (χ4n) is 1.61. The fourth-order valence-corrected chi connectivity index (χ4v) is 1.61. The highest BCUT2D eigenvalue weighted by molar-refractivity contribution is 6.09. The molecule has 1 aromatic carbocycles. The summed E-state index contributed by atoms with van der Waals surface area (Å²) in [5.74, 6) is 0.434. The number of nitrogen functional groups attached to an aromatic ring is 1. The van der Waals surface area contributed by atoms with Crippen molar-refractivity contribution in [1.82, 2.24) is 9.97 Å². The van der Waals surface area contributed by atoms with Gasteiger partial charge in [-0.2, -0.15) is 0 Å². The van der Waals surface area contributed by atoms with E-state index in [2.05, 4.69) is 15.3 Å². The maximum atomic E-state index is 12.2. The molecule has 0 saturated heterocycles. The van der Waals surface area contributed by atoms with E-state index >= 15 is 0 Å². The van der Waals surface area contributed by atoms with Gasteiger partial charge in [-0.3, -0.25) is 9.78 Å². The summed E-state index contributed by atoms with van der Waals surface area (Å²) in [6, 6.07) is 5.08. The number of nitrogens with zero attached hydrogens (tertiary/aromatic N) is 2. The van der Waals surface area contributed by atoms with Gasteiger partial charge in [-0.1, -0.05) is 6.07 Å². The van der Waals surface area contributed by atoms with E-state index in [0.29, 0.717) is 29.4 Å². The lowest BCUT2D eigenvalue weighted by molar-refractivity contribution is 0.102. The van der Waals surface area contributed by atoms with Crippen molar-refractivity contribution in [1.29, 1.82) is 0 Å². The standard InChI is InChI=1S/C13H14N4O2/c1-2-19-10-5-3-4-9(14)12(10)13(18)17-11-8-15-6-7-16-11/h3-8H,2,14H2,1H3,(H,16,17,18). The van der Waals surface area contributed by atoms with Gasteiger partial charge in [-0.15, -0.1) is 0 Å². The molecule has 6 nitrogen and oxygen atoms in total. The van der Waals surface area contributed by atoms with E-state index in [1.54, 1.807) is 18.2 Å². The van der Waals surface area contributed by atoms with E-state index in [-0.39, 0.29) is 5.91 Å². The van der Waals surface area contributed by atoms with Gasteiger partial charge in [0.15, 0.2) is 5.82 Å². The summed E-state index contributed by atoms with van der Waals surface area (Å²) in [6.07, 6.45) is 4.48. The molecule has 0 atom stereocenters. The molecule has 0 aliphatic carbocycles. The van der Waals surface area contributed by atoms with Crippen molar-refractivity contribution >= 4 is 17.4 Å². The second kappa shape index (κ2) is 5.81. The molecule has 1 aromatic heterocycles. The molecule has 0 radical (unpaired) electrons. The smallest absolute Gasteiger partial charge is 0.262 e. The molecule has 0 aliphatic heterocycles. The summed E-state index contributed by atoms with van der Waals surface area (Å²) in [7, 11) is 0. The van der Waals surface area contributed by atoms with Crippen molar-refractivity contribution < 1.29 is 9.53 Å². The number of nitrogens with one attached hydrogen (secondary N) is 1. The van der Waals surface area contributed by atoms with Crippen LogP contribution in [0, 0.1) is 0 Å². The van der Waals surface area contributed by atoms with Crippen LogP contribution in [0.5, 0.6) is 5.75 Å². The zero-order valence-electron chi connectivity index (χ0n) is 10.5. The van der Waals surface area contributed by atoms with Crippen molar-refractivity contribution in [2.24, 2.45) is 0 Å². The van der Waals surface area contributed by atoms with Crippen LogP contribution in [-0.4, -0.2) is 22.5 Å². The zero-order valence-corrected chi connectivity index (χ0v) is 10.5. The highest BCUT2D eigenvalue weighted by Crippen LogP contribution is 2.25. The number of hydrogen-bond acceptors (Lipinski definition) is 5. The molecule has 98 valence electrons. The summed E-state index contributed by atoms with van der Waals surface area (Å²) in [6.45, 7) is 2.29. The van der Waals surface area contributed by atoms with Crippen LogP contribution in [0.2, 0.25) is 0 Å². The van der Waals surface area contributed by atoms with Crippen molar-refractivity contribution in [2.75, 3.05) is 17.7 Å². The number of anilines is 2. The topological polar surface area (TPSA) is 90.1 Å². The Kier molecular flexibility index (Phi) is 3.92. The predicted molar refractivity (Wildman–Crippen MR) is 72.0 cm³/mol. The summed E-state index contributed by atoms with van der Waals surface area (Å²) < 4.78 is 5.40. The maximum absolute atomic E-state index is 12.2. The third-order valence-electron chi connectivity index (χ3n) is 2.39. The lowest BCUT2D eigenvalue weighted by Gasteiger charge is -2.12. The average molecular weight is 258 g/mol. The van der Waals surface area contributed by atoms with E-state index in [9.17, 15) is 4.79 Å². The second-order valence-electron chi connectivity index (χ2n) is 3.70. The first-order valence-corrected chi connectivity index (χ1v) is 5.81. The number of ether oxygens (including phenoxy) is 1. The van der Waals surface area contributed by atoms with Crippen LogP contribution in [0.1, 0.15) is 17.3 Å². The maximum Gasteiger partial charge on any atom is 0.262 e. The number of nitrogens with two attached hydrogens (primary N) is 1. The highest BCUT2D eigenvalue weighted by atomic mass is 16.5. The average Bonchev–Trinajstić information content (AvgIpc) is 2.40. The van der Waals surface area contributed by atoms with Gasteiger partial charge in [0, 0.05) is 18.1 Å². The van der Waals surface area contributed by atoms with Crippen molar-refractivity contribution in [3.05, 3.63) is 42.4 Å². The fraction of sp³-hybridized carbons (Fsp3) is 0.154. The Balaban J connectivity index is 2.28. The van der Waals surface area contributed by atoms with Gasteiger partial charge in [-0.25, -0.2) is 4.98 Å². The number of hydrogen-bond donors (Lipinski definition) is 2. The Labute approximate surface area is 110 Å². The molecule has 0 saturated carbocycles. The van der Waals surface area contributed by atoms with Crippen LogP contribution in [0.15, 0.2) is 36.8 Å². The van der Waals surface area contributed by atoms with Gasteiger partial charge in [0.1, 0.15) is 11.3 Å². The van der Waals surface area contributed by atoms with Crippen molar-refractivity contribution in [3.63, 3.8) is 0 Å². The van der Waals surface area contributed by atoms with E-state index in [1.807, 2.05) is 6.92 Å². The van der Waals surface area contributed by atoms with E-state index in [4.69, 9.17) is 10.5 Å². The van der Waals surface area contributed by atoms with Crippen LogP contribution < -0.4 is 15.8 Å². The monoisotopic (exact) mass is 258 g/mol. The number of rotatable bonds is 4. The second-order valence-corrected chi connectivity index (χ2v) is 3.70. The first-order chi connectivity index (χ1) is 9.22. The zero-order chi connectivity index (χ0) is 13.7. The minimum absolute atomic E-state index is 0.301. The Morgan fingerprint density at radius 1 is 1.42 bits per heavy atom. The van der Waals surface area contributed by atoms with Crippen LogP contribution in [0.3, 0.4) is 0 Å². The first-order valence-electron chi connectivity index (χ1n) is 5.81. The third kappa shape index (κ3) is 2.98. The molecular weight excluding hydrogens is 244 g/mol. The molecule has 0 aliphatic rings. The van der Waals surface area contributed by atoms with Gasteiger partial charge < -0.3 is 15.8 Å². The van der Waals surface area contributed by atoms with Gasteiger partial charge in [-0.05, 0) is 19.1 Å². The van der Waals surface area contributed by atoms with E-state index in [0.717, 1.165) is 0 Å². The minimum Gasteiger partial charge on any atom is -0.493 e. The number of carbonyl (C=O) groups is 1. The Bertz CT molecular complexity index is 572. The Morgan fingerprint density at radius 3 is 2.95 bits per heavy atom. The first kappa shape index (κ1) is 12.8. The van der Waals surface area contributed by atoms with Gasteiger partial charge in [0.05, 0.1) is 12.8 Å². The van der Waals surface area contributed by atoms with Crippen LogP contribution in [0.4, 0.5) is 11.5 Å². The third-order valence-corrected chi connectivity index (χ3v) is 2.39. The van der Waals surface area contributed by atoms with Crippen LogP contribution >= 0.6 is 0 Å². The highest BCUT2D eigenvalue weighted by Gasteiger charge is 2.16. The lowest BCUT2D eigenvalue weighted by Crippen LogP contribution is -2.16. The van der Waals surface area contributed by atoms with E-state index < -0.39 is 0 Å². The summed E-state index contributed by atoms with van der Waals surface area (Å²) in [4.78, 5) is 20.0. The molecule has 2 rings (SSSR count). The quantitative estimate of drug-likeness (QED) is 0.815. The Hall–Kier alpha value is -2.63.